The van der Waals surface area contributed by atoms with Crippen LogP contribution in [0.3, 0.4) is 0 Å². The minimum atomic E-state index is -1.10. The molecule has 3 aromatic rings. The molecule has 39 heavy (non-hydrogen) atoms. The van der Waals surface area contributed by atoms with Gasteiger partial charge in [-0.3, -0.25) is 14.5 Å². The number of amides is 1. The Morgan fingerprint density at radius 2 is 1.90 bits per heavy atom. The highest BCUT2D eigenvalue weighted by atomic mass is 35.5. The Kier molecular flexibility index (Phi) is 8.74. The second kappa shape index (κ2) is 12.0. The Hall–Kier alpha value is -3.66. The van der Waals surface area contributed by atoms with E-state index in [1.54, 1.807) is 37.3 Å². The molecule has 1 aliphatic heterocycles. The number of ether oxygens (including phenoxy) is 2. The number of Topliss-reactive ketones (excluding diaryl/α,β-unsaturated/α-hetero) is 1. The fourth-order valence-electron chi connectivity index (χ4n) is 3.99. The number of thiazole rings is 1. The summed E-state index contributed by atoms with van der Waals surface area (Å²) in [6, 6.07) is 10.1. The van der Waals surface area contributed by atoms with Crippen LogP contribution in [0.4, 0.5) is 5.13 Å². The number of carbonyl (C=O) groups is 3. The van der Waals surface area contributed by atoms with Gasteiger partial charge in [0.05, 0.1) is 34.0 Å². The number of esters is 1. The van der Waals surface area contributed by atoms with Crippen LogP contribution >= 0.6 is 34.5 Å². The number of aliphatic hydroxyl groups is 1. The maximum Gasteiger partial charge on any atom is 0.350 e. The molecule has 1 saturated heterocycles. The number of nitrogens with zero attached hydrogens (tertiary/aromatic N) is 2. The van der Waals surface area contributed by atoms with Crippen LogP contribution in [0, 0.1) is 6.92 Å². The molecule has 0 radical (unpaired) electrons. The standard InChI is InChI=1S/C28H24Cl2N2O6S/c1-4-12-37-18-9-6-16(7-10-18)23(33)21-22(17-8-11-19(29)20(30)14-17)32(26(35)24(21)34)28-31-15(3)25(39-28)27(36)38-13-5-2/h5-11,14,22,33H,2,4,12-13H2,1,3H3/b23-21+. The molecule has 2 aromatic carbocycles. The Bertz CT molecular complexity index is 1480. The van der Waals surface area contributed by atoms with E-state index in [1.807, 2.05) is 6.92 Å². The number of aliphatic hydroxyl groups excluding tert-OH is 1. The Balaban J connectivity index is 1.85. The van der Waals surface area contributed by atoms with Crippen LogP contribution in [0.5, 0.6) is 5.75 Å². The molecular weight excluding hydrogens is 563 g/mol. The minimum absolute atomic E-state index is 0.00156. The third kappa shape index (κ3) is 5.71. The van der Waals surface area contributed by atoms with Gasteiger partial charge in [0.25, 0.3) is 5.78 Å². The van der Waals surface area contributed by atoms with Crippen molar-refractivity contribution in [2.75, 3.05) is 18.1 Å². The molecule has 1 atom stereocenters. The highest BCUT2D eigenvalue weighted by Gasteiger charge is 2.48. The molecule has 1 aliphatic rings. The van der Waals surface area contributed by atoms with Gasteiger partial charge in [-0.25, -0.2) is 9.78 Å². The molecule has 1 fully saturated rings. The number of rotatable bonds is 9. The molecule has 1 N–H and O–H groups in total. The SMILES string of the molecule is C=CCOC(=O)c1sc(N2C(=O)C(=O)/C(=C(/O)c3ccc(OCCC)cc3)C2c2ccc(Cl)c(Cl)c2)nc1C. The van der Waals surface area contributed by atoms with Gasteiger partial charge in [-0.1, -0.05) is 60.2 Å². The van der Waals surface area contributed by atoms with E-state index < -0.39 is 23.7 Å². The van der Waals surface area contributed by atoms with E-state index >= 15 is 0 Å². The summed E-state index contributed by atoms with van der Waals surface area (Å²) in [5.41, 5.74) is 0.883. The van der Waals surface area contributed by atoms with Crippen molar-refractivity contribution in [3.8, 4) is 5.75 Å². The van der Waals surface area contributed by atoms with Gasteiger partial charge in [0.2, 0.25) is 0 Å². The molecule has 11 heteroatoms. The lowest BCUT2D eigenvalue weighted by molar-refractivity contribution is -0.132. The van der Waals surface area contributed by atoms with Crippen LogP contribution in [0.1, 0.15) is 45.9 Å². The van der Waals surface area contributed by atoms with Gasteiger partial charge in [-0.2, -0.15) is 0 Å². The molecule has 8 nitrogen and oxygen atoms in total. The zero-order chi connectivity index (χ0) is 28.3. The predicted molar refractivity (Wildman–Crippen MR) is 151 cm³/mol. The highest BCUT2D eigenvalue weighted by Crippen LogP contribution is 2.45. The Morgan fingerprint density at radius 1 is 1.18 bits per heavy atom. The molecule has 0 aliphatic carbocycles. The lowest BCUT2D eigenvalue weighted by atomic mass is 9.95. The van der Waals surface area contributed by atoms with Crippen molar-refractivity contribution in [3.63, 3.8) is 0 Å². The monoisotopic (exact) mass is 586 g/mol. The second-order valence-corrected chi connectivity index (χ2v) is 10.3. The van der Waals surface area contributed by atoms with Crippen LogP contribution in [0.15, 0.2) is 60.7 Å². The second-order valence-electron chi connectivity index (χ2n) is 8.51. The van der Waals surface area contributed by atoms with E-state index in [4.69, 9.17) is 32.7 Å². The van der Waals surface area contributed by atoms with E-state index in [2.05, 4.69) is 11.6 Å². The summed E-state index contributed by atoms with van der Waals surface area (Å²) < 4.78 is 10.7. The number of hydrogen-bond donors (Lipinski definition) is 1. The highest BCUT2D eigenvalue weighted by molar-refractivity contribution is 7.17. The predicted octanol–water partition coefficient (Wildman–Crippen LogP) is 6.52. The first-order chi connectivity index (χ1) is 18.7. The summed E-state index contributed by atoms with van der Waals surface area (Å²) in [6.45, 7) is 7.64. The number of anilines is 1. The van der Waals surface area contributed by atoms with Crippen molar-refractivity contribution in [1.82, 2.24) is 4.98 Å². The Morgan fingerprint density at radius 3 is 2.54 bits per heavy atom. The molecule has 0 saturated carbocycles. The van der Waals surface area contributed by atoms with Crippen LogP contribution in [-0.4, -0.2) is 41.0 Å². The molecule has 1 aromatic heterocycles. The van der Waals surface area contributed by atoms with Crippen LogP contribution < -0.4 is 9.64 Å². The van der Waals surface area contributed by atoms with Crippen molar-refractivity contribution in [1.29, 1.82) is 0 Å². The molecule has 4 rings (SSSR count). The van der Waals surface area contributed by atoms with Gasteiger partial charge < -0.3 is 14.6 Å². The number of benzene rings is 2. The van der Waals surface area contributed by atoms with E-state index in [-0.39, 0.29) is 38.0 Å². The summed E-state index contributed by atoms with van der Waals surface area (Å²) in [4.78, 5) is 45.0. The largest absolute Gasteiger partial charge is 0.507 e. The summed E-state index contributed by atoms with van der Waals surface area (Å²) >= 11 is 13.3. The normalized spacial score (nSPS) is 16.4. The van der Waals surface area contributed by atoms with Crippen molar-refractivity contribution in [2.24, 2.45) is 0 Å². The molecule has 2 heterocycles. The molecule has 1 amide bonds. The van der Waals surface area contributed by atoms with Crippen LogP contribution in [-0.2, 0) is 14.3 Å². The molecule has 202 valence electrons. The van der Waals surface area contributed by atoms with Crippen molar-refractivity contribution >= 4 is 63.1 Å². The number of carbonyl (C=O) groups excluding carboxylic acids is 3. The fourth-order valence-corrected chi connectivity index (χ4v) is 5.28. The van der Waals surface area contributed by atoms with Gasteiger partial charge >= 0.3 is 11.9 Å². The first-order valence-corrected chi connectivity index (χ1v) is 13.5. The van der Waals surface area contributed by atoms with Crippen LogP contribution in [0.25, 0.3) is 5.76 Å². The van der Waals surface area contributed by atoms with E-state index in [0.717, 1.165) is 22.7 Å². The van der Waals surface area contributed by atoms with E-state index in [1.165, 1.54) is 18.2 Å². The molecule has 0 bridgehead atoms. The Labute approximate surface area is 239 Å². The van der Waals surface area contributed by atoms with Crippen molar-refractivity contribution in [3.05, 3.63) is 92.4 Å². The number of hydrogen-bond acceptors (Lipinski definition) is 8. The molecular formula is C28H24Cl2N2O6S. The third-order valence-electron chi connectivity index (χ3n) is 5.81. The van der Waals surface area contributed by atoms with Crippen molar-refractivity contribution in [2.45, 2.75) is 26.3 Å². The number of aromatic nitrogens is 1. The zero-order valence-corrected chi connectivity index (χ0v) is 23.4. The van der Waals surface area contributed by atoms with Gasteiger partial charge in [0.15, 0.2) is 5.13 Å². The summed E-state index contributed by atoms with van der Waals surface area (Å²) in [5.74, 6) is -2.25. The quantitative estimate of drug-likeness (QED) is 0.1000. The van der Waals surface area contributed by atoms with Gasteiger partial charge in [0.1, 0.15) is 23.0 Å². The molecule has 0 spiro atoms. The van der Waals surface area contributed by atoms with E-state index in [0.29, 0.717) is 29.2 Å². The van der Waals surface area contributed by atoms with E-state index in [9.17, 15) is 19.5 Å². The van der Waals surface area contributed by atoms with Gasteiger partial charge in [0, 0.05) is 5.56 Å². The fraction of sp³-hybridized carbons (Fsp3) is 0.214. The summed E-state index contributed by atoms with van der Waals surface area (Å²) in [5, 5.41) is 11.9. The number of aryl methyl sites for hydroxylation is 1. The maximum atomic E-state index is 13.4. The van der Waals surface area contributed by atoms with Gasteiger partial charge in [-0.05, 0) is 55.3 Å². The smallest absolute Gasteiger partial charge is 0.350 e. The van der Waals surface area contributed by atoms with Gasteiger partial charge in [-0.15, -0.1) is 0 Å². The lowest BCUT2D eigenvalue weighted by Gasteiger charge is -2.23. The number of ketones is 1. The minimum Gasteiger partial charge on any atom is -0.507 e. The summed E-state index contributed by atoms with van der Waals surface area (Å²) in [6.07, 6.45) is 2.26. The first-order valence-electron chi connectivity index (χ1n) is 11.9. The average molecular weight is 587 g/mol. The lowest BCUT2D eigenvalue weighted by Crippen LogP contribution is -2.29. The zero-order valence-electron chi connectivity index (χ0n) is 21.1. The summed E-state index contributed by atoms with van der Waals surface area (Å²) in [7, 11) is 0. The third-order valence-corrected chi connectivity index (χ3v) is 7.69. The number of halogens is 2. The first kappa shape index (κ1) is 28.4. The topological polar surface area (TPSA) is 106 Å². The van der Waals surface area contributed by atoms with Crippen molar-refractivity contribution < 1.29 is 29.0 Å². The van der Waals surface area contributed by atoms with Crippen LogP contribution in [0.2, 0.25) is 10.0 Å². The maximum absolute atomic E-state index is 13.4. The average Bonchev–Trinajstić information content (AvgIpc) is 3.44. The molecule has 1 unspecified atom stereocenters.